The van der Waals surface area contributed by atoms with Gasteiger partial charge in [-0.15, -0.1) is 0 Å². The largest absolute Gasteiger partial charge is 0.462 e. The molecule has 8 nitrogen and oxygen atoms in total. The van der Waals surface area contributed by atoms with Crippen molar-refractivity contribution in [3.63, 3.8) is 0 Å². The number of carbonyl (C=O) groups is 2. The van der Waals surface area contributed by atoms with Gasteiger partial charge in [0, 0.05) is 23.0 Å². The summed E-state index contributed by atoms with van der Waals surface area (Å²) in [5.74, 6) is -0.782. The molecule has 5 aliphatic rings. The highest BCUT2D eigenvalue weighted by Gasteiger charge is 2.73. The van der Waals surface area contributed by atoms with Gasteiger partial charge in [-0.2, -0.15) is 0 Å². The lowest BCUT2D eigenvalue weighted by Gasteiger charge is -2.73. The zero-order valence-corrected chi connectivity index (χ0v) is 31.8. The topological polar surface area (TPSA) is 134 Å². The average molecular weight is 685 g/mol. The number of ether oxygens (including phenoxy) is 2. The maximum atomic E-state index is 12.9. The minimum absolute atomic E-state index is 0.139. The molecule has 4 saturated carbocycles. The van der Waals surface area contributed by atoms with Crippen molar-refractivity contribution < 1.29 is 39.5 Å². The van der Waals surface area contributed by atoms with E-state index in [0.717, 1.165) is 43.3 Å². The maximum absolute atomic E-state index is 12.9. The third kappa shape index (κ3) is 5.61. The summed E-state index contributed by atoms with van der Waals surface area (Å²) in [5, 5.41) is 47.2. The summed E-state index contributed by atoms with van der Waals surface area (Å²) in [5.41, 5.74) is -0.243. The van der Waals surface area contributed by atoms with Gasteiger partial charge in [-0.1, -0.05) is 64.3 Å². The number of fused-ring (bicyclic) bond motifs is 7. The van der Waals surface area contributed by atoms with E-state index in [9.17, 15) is 30.0 Å². The van der Waals surface area contributed by atoms with Gasteiger partial charge in [0.05, 0.1) is 30.8 Å². The standard InChI is InChI=1S/C41H64O8/c1-11-40-21-31(44)41(22-42)27(20-36(6,7)35(34(41)47)49-33(46)19-25(4)5)26(40)12-13-29-37(8)16-15-30(43)38(9,23-48-32(45)18-24(2)3)28(37)14-17-39(29,40)10/h12,18-19,27-31,34-35,42-44,47H,11,13-17,20-23H2,1-10H3/t27?,28?,29?,30-,31+,34-,35-,37-,38+,39+,40+,41-/m0/s1. The minimum atomic E-state index is -1.26. The van der Waals surface area contributed by atoms with E-state index in [1.165, 1.54) is 17.7 Å². The molecule has 276 valence electrons. The van der Waals surface area contributed by atoms with Crippen LogP contribution in [0.1, 0.15) is 121 Å². The van der Waals surface area contributed by atoms with Crippen molar-refractivity contribution in [2.75, 3.05) is 13.2 Å². The third-order valence-electron chi connectivity index (χ3n) is 15.0. The molecule has 0 aliphatic heterocycles. The Kier molecular flexibility index (Phi) is 10.1. The highest BCUT2D eigenvalue weighted by atomic mass is 16.6. The Hall–Kier alpha value is -2.00. The molecule has 5 aliphatic carbocycles. The van der Waals surface area contributed by atoms with Crippen LogP contribution in [0.25, 0.3) is 0 Å². The van der Waals surface area contributed by atoms with Gasteiger partial charge in [0.2, 0.25) is 0 Å². The number of aliphatic hydroxyl groups is 4. The Balaban J connectivity index is 1.55. The van der Waals surface area contributed by atoms with Crippen molar-refractivity contribution in [2.45, 2.75) is 145 Å². The van der Waals surface area contributed by atoms with Crippen LogP contribution in [-0.2, 0) is 19.1 Å². The van der Waals surface area contributed by atoms with Crippen LogP contribution in [-0.4, -0.2) is 70.0 Å². The van der Waals surface area contributed by atoms with Crippen molar-refractivity contribution in [3.8, 4) is 0 Å². The number of rotatable bonds is 7. The molecule has 3 unspecified atom stereocenters. The van der Waals surface area contributed by atoms with E-state index in [-0.39, 0.29) is 46.6 Å². The predicted octanol–water partition coefficient (Wildman–Crippen LogP) is 6.45. The fourth-order valence-electron chi connectivity index (χ4n) is 12.5. The molecule has 12 atom stereocenters. The number of hydrogen-bond acceptors (Lipinski definition) is 8. The van der Waals surface area contributed by atoms with Gasteiger partial charge < -0.3 is 29.9 Å². The molecule has 0 aromatic rings. The predicted molar refractivity (Wildman–Crippen MR) is 189 cm³/mol. The fraction of sp³-hybridized carbons (Fsp3) is 0.805. The highest BCUT2D eigenvalue weighted by molar-refractivity contribution is 5.83. The Morgan fingerprint density at radius 1 is 0.878 bits per heavy atom. The molecule has 8 heteroatoms. The molecule has 0 spiro atoms. The first kappa shape index (κ1) is 38.2. The van der Waals surface area contributed by atoms with E-state index in [1.807, 2.05) is 41.5 Å². The summed E-state index contributed by atoms with van der Waals surface area (Å²) in [6.07, 6.45) is 7.48. The van der Waals surface area contributed by atoms with Crippen LogP contribution in [0.2, 0.25) is 0 Å². The molecule has 0 saturated heterocycles. The second-order valence-electron chi connectivity index (χ2n) is 18.5. The van der Waals surface area contributed by atoms with Gasteiger partial charge in [0.1, 0.15) is 12.2 Å². The Morgan fingerprint density at radius 3 is 2.10 bits per heavy atom. The van der Waals surface area contributed by atoms with Crippen molar-refractivity contribution in [2.24, 2.45) is 50.2 Å². The SMILES string of the molecule is CC[C@@]12C[C@@H](O)[C@]3(CO)C(CC(C)(C)[C@@H](OC(=O)C=C(C)C)[C@@H]3O)C1=CCC1[C@@]3(C)CC[C@H](O)[C@](C)(COC(=O)C=C(C)C)C3CC[C@]12C. The molecule has 0 aromatic carbocycles. The first-order chi connectivity index (χ1) is 22.7. The molecule has 5 rings (SSSR count). The smallest absolute Gasteiger partial charge is 0.331 e. The summed E-state index contributed by atoms with van der Waals surface area (Å²) < 4.78 is 11.8. The van der Waals surface area contributed by atoms with E-state index < -0.39 is 53.2 Å². The molecular formula is C41H64O8. The number of aliphatic hydroxyl groups excluding tert-OH is 4. The Labute approximate surface area is 294 Å². The van der Waals surface area contributed by atoms with Gasteiger partial charge in [0.25, 0.3) is 0 Å². The van der Waals surface area contributed by atoms with Gasteiger partial charge in [-0.25, -0.2) is 9.59 Å². The average Bonchev–Trinajstić information content (AvgIpc) is 3.00. The zero-order chi connectivity index (χ0) is 36.5. The van der Waals surface area contributed by atoms with Crippen LogP contribution in [0, 0.1) is 50.2 Å². The van der Waals surface area contributed by atoms with E-state index in [2.05, 4.69) is 33.8 Å². The molecule has 4 fully saturated rings. The normalized spacial score (nSPS) is 45.3. The van der Waals surface area contributed by atoms with Crippen LogP contribution in [0.5, 0.6) is 0 Å². The summed E-state index contributed by atoms with van der Waals surface area (Å²) in [6, 6.07) is 0. The summed E-state index contributed by atoms with van der Waals surface area (Å²) in [6.45, 7) is 20.3. The number of allylic oxidation sites excluding steroid dienone is 4. The molecule has 0 amide bonds. The summed E-state index contributed by atoms with van der Waals surface area (Å²) in [4.78, 5) is 25.5. The zero-order valence-electron chi connectivity index (χ0n) is 31.8. The van der Waals surface area contributed by atoms with E-state index in [4.69, 9.17) is 9.47 Å². The van der Waals surface area contributed by atoms with Gasteiger partial charge in [-0.3, -0.25) is 0 Å². The van der Waals surface area contributed by atoms with Gasteiger partial charge in [-0.05, 0) is 113 Å². The number of carbonyl (C=O) groups excluding carboxylic acids is 2. The van der Waals surface area contributed by atoms with Crippen molar-refractivity contribution >= 4 is 11.9 Å². The molecule has 0 bridgehead atoms. The van der Waals surface area contributed by atoms with E-state index in [0.29, 0.717) is 19.3 Å². The highest BCUT2D eigenvalue weighted by Crippen LogP contribution is 2.76. The Morgan fingerprint density at radius 2 is 1.51 bits per heavy atom. The number of esters is 2. The van der Waals surface area contributed by atoms with Crippen LogP contribution in [0.4, 0.5) is 0 Å². The van der Waals surface area contributed by atoms with E-state index >= 15 is 0 Å². The van der Waals surface area contributed by atoms with Crippen LogP contribution >= 0.6 is 0 Å². The van der Waals surface area contributed by atoms with E-state index in [1.54, 1.807) is 0 Å². The van der Waals surface area contributed by atoms with Crippen molar-refractivity contribution in [1.29, 1.82) is 0 Å². The van der Waals surface area contributed by atoms with Crippen LogP contribution in [0.3, 0.4) is 0 Å². The monoisotopic (exact) mass is 684 g/mol. The first-order valence-corrected chi connectivity index (χ1v) is 18.7. The summed E-state index contributed by atoms with van der Waals surface area (Å²) in [7, 11) is 0. The van der Waals surface area contributed by atoms with Gasteiger partial charge in [0.15, 0.2) is 0 Å². The maximum Gasteiger partial charge on any atom is 0.331 e. The molecule has 0 aromatic heterocycles. The molecule has 4 N–H and O–H groups in total. The lowest BCUT2D eigenvalue weighted by atomic mass is 9.32. The van der Waals surface area contributed by atoms with Crippen LogP contribution < -0.4 is 0 Å². The van der Waals surface area contributed by atoms with Crippen molar-refractivity contribution in [1.82, 2.24) is 0 Å². The lowest BCUT2D eigenvalue weighted by molar-refractivity contribution is -0.265. The molecule has 0 heterocycles. The quantitative estimate of drug-likeness (QED) is 0.137. The molecular weight excluding hydrogens is 620 g/mol. The second kappa shape index (κ2) is 12.9. The number of hydrogen-bond donors (Lipinski definition) is 4. The minimum Gasteiger partial charge on any atom is -0.462 e. The van der Waals surface area contributed by atoms with Crippen molar-refractivity contribution in [3.05, 3.63) is 34.9 Å². The first-order valence-electron chi connectivity index (χ1n) is 18.7. The lowest BCUT2D eigenvalue weighted by Crippen LogP contribution is -2.72. The van der Waals surface area contributed by atoms with Gasteiger partial charge >= 0.3 is 11.9 Å². The second-order valence-corrected chi connectivity index (χ2v) is 18.5. The van der Waals surface area contributed by atoms with Crippen LogP contribution in [0.15, 0.2) is 34.9 Å². The third-order valence-corrected chi connectivity index (χ3v) is 15.0. The molecule has 49 heavy (non-hydrogen) atoms. The summed E-state index contributed by atoms with van der Waals surface area (Å²) >= 11 is 0. The fourth-order valence-corrected chi connectivity index (χ4v) is 12.5. The Bertz CT molecular complexity index is 1400. The molecule has 0 radical (unpaired) electrons.